The monoisotopic (exact) mass is 474 g/mol. The average molecular weight is 474 g/mol. The summed E-state index contributed by atoms with van der Waals surface area (Å²) in [5.41, 5.74) is 1.13. The largest absolute Gasteiger partial charge is 0.508 e. The molecule has 0 spiro atoms. The number of benzene rings is 1. The van der Waals surface area contributed by atoms with Gasteiger partial charge in [-0.1, -0.05) is 18.6 Å². The fraction of sp³-hybridized carbons (Fsp3) is 0.650. The van der Waals surface area contributed by atoms with Gasteiger partial charge < -0.3 is 20.6 Å². The molecule has 1 aromatic carbocycles. The number of hydrogen-bond acceptors (Lipinski definition) is 3. The molecule has 1 unspecified atom stereocenters. The molecule has 6 heteroatoms. The zero-order valence-corrected chi connectivity index (χ0v) is 18.5. The molecule has 0 aromatic heterocycles. The quantitative estimate of drug-likeness (QED) is 0.234. The second-order valence-electron chi connectivity index (χ2n) is 6.84. The third-order valence-corrected chi connectivity index (χ3v) is 4.77. The molecule has 5 nitrogen and oxygen atoms in total. The van der Waals surface area contributed by atoms with Gasteiger partial charge in [-0.25, -0.2) is 0 Å². The van der Waals surface area contributed by atoms with Crippen LogP contribution in [0.2, 0.25) is 0 Å². The van der Waals surface area contributed by atoms with Crippen LogP contribution >= 0.6 is 24.0 Å². The molecule has 2 rings (SSSR count). The third kappa shape index (κ3) is 8.58. The van der Waals surface area contributed by atoms with Gasteiger partial charge in [-0.05, 0) is 63.8 Å². The zero-order chi connectivity index (χ0) is 17.9. The summed E-state index contributed by atoms with van der Waals surface area (Å²) < 4.78 is 0. The highest BCUT2D eigenvalue weighted by Crippen LogP contribution is 2.16. The Bertz CT molecular complexity index is 538. The van der Waals surface area contributed by atoms with Crippen LogP contribution in [0.1, 0.15) is 45.1 Å². The molecule has 1 saturated heterocycles. The number of nitrogens with one attached hydrogen (secondary N) is 2. The van der Waals surface area contributed by atoms with Gasteiger partial charge in [-0.15, -0.1) is 24.0 Å². The first kappa shape index (κ1) is 23.0. The van der Waals surface area contributed by atoms with Gasteiger partial charge in [-0.3, -0.25) is 4.99 Å². The van der Waals surface area contributed by atoms with E-state index in [1.807, 2.05) is 18.2 Å². The van der Waals surface area contributed by atoms with E-state index in [9.17, 15) is 5.11 Å². The van der Waals surface area contributed by atoms with Crippen molar-refractivity contribution in [1.82, 2.24) is 15.5 Å². The summed E-state index contributed by atoms with van der Waals surface area (Å²) in [6.07, 6.45) is 6.02. The molecule has 1 fully saturated rings. The van der Waals surface area contributed by atoms with E-state index in [1.165, 1.54) is 25.8 Å². The van der Waals surface area contributed by atoms with Crippen molar-refractivity contribution in [1.29, 1.82) is 0 Å². The van der Waals surface area contributed by atoms with Crippen LogP contribution in [0, 0.1) is 0 Å². The summed E-state index contributed by atoms with van der Waals surface area (Å²) in [5.74, 6) is 1.21. The van der Waals surface area contributed by atoms with Crippen molar-refractivity contribution in [3.05, 3.63) is 29.8 Å². The lowest BCUT2D eigenvalue weighted by Gasteiger charge is -2.33. The van der Waals surface area contributed by atoms with Crippen LogP contribution in [0.15, 0.2) is 29.3 Å². The van der Waals surface area contributed by atoms with Crippen molar-refractivity contribution in [2.24, 2.45) is 4.99 Å². The SMILES string of the molecule is CCNC(=NCCCN1CCCCC1C)NCCc1cccc(O)c1.I. The molecular weight excluding hydrogens is 439 g/mol. The van der Waals surface area contributed by atoms with Gasteiger partial charge in [0, 0.05) is 32.2 Å². The van der Waals surface area contributed by atoms with Gasteiger partial charge in [0.2, 0.25) is 0 Å². The number of aliphatic imine (C=N–C) groups is 1. The molecule has 1 heterocycles. The first-order valence-corrected chi connectivity index (χ1v) is 9.73. The lowest BCUT2D eigenvalue weighted by Crippen LogP contribution is -2.39. The summed E-state index contributed by atoms with van der Waals surface area (Å²) in [6, 6.07) is 8.15. The Morgan fingerprint density at radius 2 is 2.15 bits per heavy atom. The van der Waals surface area contributed by atoms with E-state index in [2.05, 4.69) is 29.4 Å². The smallest absolute Gasteiger partial charge is 0.191 e. The highest BCUT2D eigenvalue weighted by molar-refractivity contribution is 14.0. The molecule has 0 aliphatic carbocycles. The maximum Gasteiger partial charge on any atom is 0.191 e. The first-order valence-electron chi connectivity index (χ1n) is 9.73. The van der Waals surface area contributed by atoms with Gasteiger partial charge in [0.15, 0.2) is 5.96 Å². The predicted octanol–water partition coefficient (Wildman–Crippen LogP) is 3.37. The number of phenolic OH excluding ortho intramolecular Hbond substituents is 1. The minimum atomic E-state index is 0. The van der Waals surface area contributed by atoms with Crippen LogP contribution < -0.4 is 10.6 Å². The van der Waals surface area contributed by atoms with Crippen LogP contribution in [0.5, 0.6) is 5.75 Å². The molecule has 1 aliphatic rings. The number of hydrogen-bond donors (Lipinski definition) is 3. The fourth-order valence-electron chi connectivity index (χ4n) is 3.33. The van der Waals surface area contributed by atoms with Gasteiger partial charge in [-0.2, -0.15) is 0 Å². The molecule has 0 amide bonds. The van der Waals surface area contributed by atoms with Gasteiger partial charge in [0.1, 0.15) is 5.75 Å². The molecule has 0 bridgehead atoms. The molecule has 0 saturated carbocycles. The highest BCUT2D eigenvalue weighted by Gasteiger charge is 2.16. The molecule has 0 radical (unpaired) electrons. The summed E-state index contributed by atoms with van der Waals surface area (Å²) in [6.45, 7) is 9.34. The van der Waals surface area contributed by atoms with Crippen molar-refractivity contribution in [2.45, 2.75) is 52.0 Å². The van der Waals surface area contributed by atoms with Crippen LogP contribution in [-0.4, -0.2) is 54.7 Å². The van der Waals surface area contributed by atoms with Crippen LogP contribution in [0.3, 0.4) is 0 Å². The van der Waals surface area contributed by atoms with Crippen molar-refractivity contribution in [3.8, 4) is 5.75 Å². The highest BCUT2D eigenvalue weighted by atomic mass is 127. The Labute approximate surface area is 175 Å². The number of aromatic hydroxyl groups is 1. The minimum absolute atomic E-state index is 0. The number of halogens is 1. The summed E-state index contributed by atoms with van der Waals surface area (Å²) in [7, 11) is 0. The number of phenols is 1. The molecule has 148 valence electrons. The average Bonchev–Trinajstić information content (AvgIpc) is 2.60. The van der Waals surface area contributed by atoms with Crippen LogP contribution in [0.4, 0.5) is 0 Å². The Hall–Kier alpha value is -1.02. The van der Waals surface area contributed by atoms with E-state index in [0.717, 1.165) is 56.6 Å². The van der Waals surface area contributed by atoms with Crippen molar-refractivity contribution >= 4 is 29.9 Å². The minimum Gasteiger partial charge on any atom is -0.508 e. The van der Waals surface area contributed by atoms with Crippen molar-refractivity contribution < 1.29 is 5.11 Å². The zero-order valence-electron chi connectivity index (χ0n) is 16.2. The summed E-state index contributed by atoms with van der Waals surface area (Å²) in [5, 5.41) is 16.2. The Kier molecular flexibility index (Phi) is 11.7. The maximum atomic E-state index is 9.51. The predicted molar refractivity (Wildman–Crippen MR) is 121 cm³/mol. The first-order chi connectivity index (χ1) is 12.2. The summed E-state index contributed by atoms with van der Waals surface area (Å²) >= 11 is 0. The van der Waals surface area contributed by atoms with E-state index in [-0.39, 0.29) is 24.0 Å². The standard InChI is InChI=1S/C20H34N4O.HI/c1-3-21-20(23-13-11-18-9-6-10-19(25)16-18)22-12-7-15-24-14-5-4-8-17(24)2;/h6,9-10,16-17,25H,3-5,7-8,11-15H2,1-2H3,(H2,21,22,23);1H. The summed E-state index contributed by atoms with van der Waals surface area (Å²) in [4.78, 5) is 7.29. The van der Waals surface area contributed by atoms with Crippen molar-refractivity contribution in [2.75, 3.05) is 32.7 Å². The lowest BCUT2D eigenvalue weighted by molar-refractivity contribution is 0.160. The lowest BCUT2D eigenvalue weighted by atomic mass is 10.0. The molecule has 3 N–H and O–H groups in total. The topological polar surface area (TPSA) is 59.9 Å². The van der Waals surface area contributed by atoms with E-state index in [4.69, 9.17) is 4.99 Å². The Morgan fingerprint density at radius 3 is 2.88 bits per heavy atom. The molecule has 1 atom stereocenters. The second-order valence-corrected chi connectivity index (χ2v) is 6.84. The van der Waals surface area contributed by atoms with Crippen LogP contribution in [-0.2, 0) is 6.42 Å². The van der Waals surface area contributed by atoms with Gasteiger partial charge in [0.05, 0.1) is 0 Å². The van der Waals surface area contributed by atoms with Gasteiger partial charge >= 0.3 is 0 Å². The third-order valence-electron chi connectivity index (χ3n) is 4.77. The Morgan fingerprint density at radius 1 is 1.31 bits per heavy atom. The maximum absolute atomic E-state index is 9.51. The van der Waals surface area contributed by atoms with E-state index >= 15 is 0 Å². The van der Waals surface area contributed by atoms with E-state index in [1.54, 1.807) is 6.07 Å². The van der Waals surface area contributed by atoms with Crippen molar-refractivity contribution in [3.63, 3.8) is 0 Å². The Balaban J connectivity index is 0.00000338. The van der Waals surface area contributed by atoms with Crippen LogP contribution in [0.25, 0.3) is 0 Å². The van der Waals surface area contributed by atoms with E-state index in [0.29, 0.717) is 5.75 Å². The second kappa shape index (κ2) is 13.2. The van der Waals surface area contributed by atoms with E-state index < -0.39 is 0 Å². The van der Waals surface area contributed by atoms with Gasteiger partial charge in [0.25, 0.3) is 0 Å². The number of nitrogens with zero attached hydrogens (tertiary/aromatic N) is 2. The number of likely N-dealkylation sites (tertiary alicyclic amines) is 1. The molecule has 1 aromatic rings. The number of piperidine rings is 1. The normalized spacial score (nSPS) is 18.2. The molecule has 26 heavy (non-hydrogen) atoms. The number of guanidine groups is 1. The fourth-order valence-corrected chi connectivity index (χ4v) is 3.33. The number of rotatable bonds is 8. The molecular formula is C20H35IN4O. The molecule has 1 aliphatic heterocycles.